The third kappa shape index (κ3) is 4.07. The molecule has 0 spiro atoms. The fraction of sp³-hybridized carbons (Fsp3) is 0.240. The van der Waals surface area contributed by atoms with Crippen LogP contribution in [0.15, 0.2) is 65.3 Å². The van der Waals surface area contributed by atoms with Crippen molar-refractivity contribution in [3.05, 3.63) is 66.7 Å². The van der Waals surface area contributed by atoms with E-state index in [2.05, 4.69) is 14.9 Å². The Labute approximate surface area is 191 Å². The summed E-state index contributed by atoms with van der Waals surface area (Å²) in [6.45, 7) is 2.51. The van der Waals surface area contributed by atoms with E-state index in [-0.39, 0.29) is 5.91 Å². The van der Waals surface area contributed by atoms with E-state index in [1.807, 2.05) is 53.4 Å². The number of para-hydroxylation sites is 1. The standard InChI is InChI=1S/C25H24N4O4/c1-31-19-8-6-17(7-9-19)20-15-23(27-16-26-20)28-10-12-29(13-11-28)25(30)22-14-18-4-3-5-21(32-2)24(18)33-22/h3-9,14-16H,10-13H2,1-2H3. The average molecular weight is 444 g/mol. The number of carbonyl (C=O) groups excluding carboxylic acids is 1. The fourth-order valence-electron chi connectivity index (χ4n) is 4.04. The number of fused-ring (bicyclic) bond motifs is 1. The largest absolute Gasteiger partial charge is 0.497 e. The van der Waals surface area contributed by atoms with Crippen molar-refractivity contribution in [2.45, 2.75) is 0 Å². The lowest BCUT2D eigenvalue weighted by Gasteiger charge is -2.35. The molecule has 2 aromatic heterocycles. The number of anilines is 1. The minimum atomic E-state index is -0.116. The Morgan fingerprint density at radius 1 is 0.939 bits per heavy atom. The summed E-state index contributed by atoms with van der Waals surface area (Å²) in [5, 5.41) is 0.850. The Hall–Kier alpha value is -4.07. The van der Waals surface area contributed by atoms with Crippen LogP contribution in [0.1, 0.15) is 10.6 Å². The molecule has 0 atom stereocenters. The molecule has 1 aliphatic rings. The van der Waals surface area contributed by atoms with Crippen LogP contribution in [0.4, 0.5) is 5.82 Å². The number of aromatic nitrogens is 2. The number of hydrogen-bond acceptors (Lipinski definition) is 7. The molecule has 1 amide bonds. The molecule has 168 valence electrons. The van der Waals surface area contributed by atoms with E-state index in [1.165, 1.54) is 0 Å². The molecule has 1 saturated heterocycles. The van der Waals surface area contributed by atoms with Crippen LogP contribution in [-0.4, -0.2) is 61.2 Å². The average Bonchev–Trinajstić information content (AvgIpc) is 3.33. The highest BCUT2D eigenvalue weighted by Gasteiger charge is 2.26. The zero-order valence-corrected chi connectivity index (χ0v) is 18.5. The molecular formula is C25H24N4O4. The number of ether oxygens (including phenoxy) is 2. The maximum atomic E-state index is 13.0. The van der Waals surface area contributed by atoms with Gasteiger partial charge in [-0.05, 0) is 36.4 Å². The second kappa shape index (κ2) is 8.82. The van der Waals surface area contributed by atoms with Gasteiger partial charge in [-0.3, -0.25) is 4.79 Å². The normalized spacial score (nSPS) is 13.9. The summed E-state index contributed by atoms with van der Waals surface area (Å²) in [7, 11) is 3.23. The molecule has 5 rings (SSSR count). The number of methoxy groups -OCH3 is 2. The molecule has 0 saturated carbocycles. The third-order valence-corrected chi connectivity index (χ3v) is 5.87. The Balaban J connectivity index is 1.28. The first kappa shape index (κ1) is 20.8. The Morgan fingerprint density at radius 2 is 1.73 bits per heavy atom. The molecule has 0 bridgehead atoms. The Bertz CT molecular complexity index is 1280. The van der Waals surface area contributed by atoms with Gasteiger partial charge in [0.15, 0.2) is 17.1 Å². The van der Waals surface area contributed by atoms with Crippen molar-refractivity contribution in [3.8, 4) is 22.8 Å². The quantitative estimate of drug-likeness (QED) is 0.462. The number of hydrogen-bond donors (Lipinski definition) is 0. The molecule has 3 heterocycles. The van der Waals surface area contributed by atoms with Gasteiger partial charge in [-0.2, -0.15) is 0 Å². The molecule has 8 nitrogen and oxygen atoms in total. The summed E-state index contributed by atoms with van der Waals surface area (Å²) in [6.07, 6.45) is 1.58. The second-order valence-electron chi connectivity index (χ2n) is 7.76. The van der Waals surface area contributed by atoms with Crippen molar-refractivity contribution in [1.82, 2.24) is 14.9 Å². The molecule has 4 aromatic rings. The van der Waals surface area contributed by atoms with Crippen molar-refractivity contribution in [1.29, 1.82) is 0 Å². The molecule has 0 radical (unpaired) electrons. The number of carbonyl (C=O) groups is 1. The second-order valence-corrected chi connectivity index (χ2v) is 7.76. The first-order valence-corrected chi connectivity index (χ1v) is 10.7. The van der Waals surface area contributed by atoms with E-state index in [0.717, 1.165) is 28.2 Å². The number of amides is 1. The maximum Gasteiger partial charge on any atom is 0.289 e. The highest BCUT2D eigenvalue weighted by atomic mass is 16.5. The van der Waals surface area contributed by atoms with Gasteiger partial charge in [0.2, 0.25) is 0 Å². The number of rotatable bonds is 5. The molecular weight excluding hydrogens is 420 g/mol. The van der Waals surface area contributed by atoms with Crippen LogP contribution in [0.5, 0.6) is 11.5 Å². The predicted octanol–water partition coefficient (Wildman–Crippen LogP) is 3.87. The van der Waals surface area contributed by atoms with E-state index in [4.69, 9.17) is 13.9 Å². The van der Waals surface area contributed by atoms with Gasteiger partial charge in [0.1, 0.15) is 17.9 Å². The summed E-state index contributed by atoms with van der Waals surface area (Å²) < 4.78 is 16.4. The van der Waals surface area contributed by atoms with Crippen molar-refractivity contribution in [2.75, 3.05) is 45.3 Å². The number of benzene rings is 2. The van der Waals surface area contributed by atoms with Gasteiger partial charge >= 0.3 is 0 Å². The van der Waals surface area contributed by atoms with E-state index < -0.39 is 0 Å². The van der Waals surface area contributed by atoms with Gasteiger partial charge in [-0.15, -0.1) is 0 Å². The van der Waals surface area contributed by atoms with Gasteiger partial charge in [0, 0.05) is 43.2 Å². The minimum absolute atomic E-state index is 0.116. The van der Waals surface area contributed by atoms with Crippen molar-refractivity contribution < 1.29 is 18.7 Å². The van der Waals surface area contributed by atoms with Crippen LogP contribution in [-0.2, 0) is 0 Å². The van der Waals surface area contributed by atoms with Crippen LogP contribution >= 0.6 is 0 Å². The zero-order chi connectivity index (χ0) is 22.8. The van der Waals surface area contributed by atoms with Gasteiger partial charge < -0.3 is 23.7 Å². The molecule has 1 aliphatic heterocycles. The number of nitrogens with zero attached hydrogens (tertiary/aromatic N) is 4. The summed E-state index contributed by atoms with van der Waals surface area (Å²) in [5.41, 5.74) is 2.43. The monoisotopic (exact) mass is 444 g/mol. The number of piperazine rings is 1. The summed E-state index contributed by atoms with van der Waals surface area (Å²) in [4.78, 5) is 25.9. The smallest absolute Gasteiger partial charge is 0.289 e. The van der Waals surface area contributed by atoms with E-state index in [9.17, 15) is 4.79 Å². The van der Waals surface area contributed by atoms with E-state index >= 15 is 0 Å². The summed E-state index contributed by atoms with van der Waals surface area (Å²) >= 11 is 0. The van der Waals surface area contributed by atoms with Crippen LogP contribution in [0, 0.1) is 0 Å². The van der Waals surface area contributed by atoms with Crippen LogP contribution in [0.2, 0.25) is 0 Å². The SMILES string of the molecule is COc1ccc(-c2cc(N3CCN(C(=O)c4cc5cccc(OC)c5o4)CC3)ncn2)cc1. The molecule has 8 heteroatoms. The molecule has 1 fully saturated rings. The van der Waals surface area contributed by atoms with Gasteiger partial charge in [-0.25, -0.2) is 9.97 Å². The van der Waals surface area contributed by atoms with Gasteiger partial charge in [0.25, 0.3) is 5.91 Å². The van der Waals surface area contributed by atoms with Crippen molar-refractivity contribution in [2.24, 2.45) is 0 Å². The van der Waals surface area contributed by atoms with Crippen molar-refractivity contribution >= 4 is 22.7 Å². The molecule has 33 heavy (non-hydrogen) atoms. The van der Waals surface area contributed by atoms with E-state index in [1.54, 1.807) is 26.6 Å². The molecule has 0 aliphatic carbocycles. The van der Waals surface area contributed by atoms with Gasteiger partial charge in [-0.1, -0.05) is 12.1 Å². The van der Waals surface area contributed by atoms with Crippen molar-refractivity contribution in [3.63, 3.8) is 0 Å². The molecule has 2 aromatic carbocycles. The maximum absolute atomic E-state index is 13.0. The minimum Gasteiger partial charge on any atom is -0.497 e. The lowest BCUT2D eigenvalue weighted by atomic mass is 10.1. The highest BCUT2D eigenvalue weighted by molar-refractivity contribution is 5.97. The Kier molecular flexibility index (Phi) is 5.56. The van der Waals surface area contributed by atoms with E-state index in [0.29, 0.717) is 43.3 Å². The first-order chi connectivity index (χ1) is 16.2. The zero-order valence-electron chi connectivity index (χ0n) is 18.5. The lowest BCUT2D eigenvalue weighted by molar-refractivity contribution is 0.0716. The first-order valence-electron chi connectivity index (χ1n) is 10.7. The summed E-state index contributed by atoms with van der Waals surface area (Å²) in [6, 6.07) is 17.1. The number of furan rings is 1. The van der Waals surface area contributed by atoms with Crippen LogP contribution < -0.4 is 14.4 Å². The molecule has 0 unspecified atom stereocenters. The van der Waals surface area contributed by atoms with Crippen LogP contribution in [0.25, 0.3) is 22.2 Å². The third-order valence-electron chi connectivity index (χ3n) is 5.87. The molecule has 0 N–H and O–H groups in total. The lowest BCUT2D eigenvalue weighted by Crippen LogP contribution is -2.49. The fourth-order valence-corrected chi connectivity index (χ4v) is 4.04. The van der Waals surface area contributed by atoms with Crippen LogP contribution in [0.3, 0.4) is 0 Å². The summed E-state index contributed by atoms with van der Waals surface area (Å²) in [5.74, 6) is 2.47. The Morgan fingerprint density at radius 3 is 2.45 bits per heavy atom. The topological polar surface area (TPSA) is 80.9 Å². The van der Waals surface area contributed by atoms with Gasteiger partial charge in [0.05, 0.1) is 19.9 Å². The highest BCUT2D eigenvalue weighted by Crippen LogP contribution is 2.29. The predicted molar refractivity (Wildman–Crippen MR) is 125 cm³/mol.